The fraction of sp³-hybridized carbons (Fsp3) is 0.385. The van der Waals surface area contributed by atoms with E-state index in [1.165, 1.54) is 23.1 Å². The maximum Gasteiger partial charge on any atom is 0.326 e. The van der Waals surface area contributed by atoms with E-state index in [4.69, 9.17) is 0 Å². The molecule has 1 N–H and O–H groups in total. The molecular weight excluding hydrogens is 317 g/mol. The molecule has 102 valence electrons. The molecule has 1 aromatic carbocycles. The third-order valence-corrected chi connectivity index (χ3v) is 3.99. The molecule has 2 unspecified atom stereocenters. The van der Waals surface area contributed by atoms with Crippen LogP contribution < -0.4 is 0 Å². The van der Waals surface area contributed by atoms with E-state index in [2.05, 4.69) is 15.9 Å². The molecule has 6 heteroatoms. The Balaban J connectivity index is 2.28. The zero-order chi connectivity index (χ0) is 14.2. The Labute approximate surface area is 118 Å². The van der Waals surface area contributed by atoms with Crippen LogP contribution in [0.2, 0.25) is 0 Å². The van der Waals surface area contributed by atoms with Crippen LogP contribution in [0.1, 0.15) is 23.7 Å². The number of likely N-dealkylation sites (tertiary alicyclic amines) is 1. The SMILES string of the molecule is CC1CCN(C(=O)c2ccc(F)c(Br)c2)C1C(=O)O. The van der Waals surface area contributed by atoms with Crippen molar-refractivity contribution in [2.75, 3.05) is 6.54 Å². The number of hydrogen-bond donors (Lipinski definition) is 1. The van der Waals surface area contributed by atoms with Gasteiger partial charge in [0.25, 0.3) is 5.91 Å². The lowest BCUT2D eigenvalue weighted by atomic mass is 10.0. The minimum atomic E-state index is -1.00. The molecule has 2 rings (SSSR count). The smallest absolute Gasteiger partial charge is 0.326 e. The average Bonchev–Trinajstić information content (AvgIpc) is 2.74. The molecule has 1 aliphatic heterocycles. The van der Waals surface area contributed by atoms with Gasteiger partial charge in [0.1, 0.15) is 11.9 Å². The van der Waals surface area contributed by atoms with E-state index in [1.54, 1.807) is 0 Å². The van der Waals surface area contributed by atoms with E-state index in [0.717, 1.165) is 0 Å². The van der Waals surface area contributed by atoms with E-state index < -0.39 is 17.8 Å². The molecule has 0 radical (unpaired) electrons. The van der Waals surface area contributed by atoms with Crippen LogP contribution >= 0.6 is 15.9 Å². The standard InChI is InChI=1S/C13H13BrFNO3/c1-7-4-5-16(11(7)13(18)19)12(17)8-2-3-10(15)9(14)6-8/h2-3,6-7,11H,4-5H2,1H3,(H,18,19). The Morgan fingerprint density at radius 2 is 2.16 bits per heavy atom. The topological polar surface area (TPSA) is 57.6 Å². The molecule has 2 atom stereocenters. The first-order valence-corrected chi connectivity index (χ1v) is 6.70. The van der Waals surface area contributed by atoms with Crippen molar-refractivity contribution >= 4 is 27.8 Å². The highest BCUT2D eigenvalue weighted by Crippen LogP contribution is 2.27. The number of carbonyl (C=O) groups excluding carboxylic acids is 1. The molecule has 19 heavy (non-hydrogen) atoms. The van der Waals surface area contributed by atoms with Gasteiger partial charge in [0.15, 0.2) is 0 Å². The first-order valence-electron chi connectivity index (χ1n) is 5.90. The largest absolute Gasteiger partial charge is 0.480 e. The van der Waals surface area contributed by atoms with Gasteiger partial charge in [-0.25, -0.2) is 9.18 Å². The molecule has 0 spiro atoms. The van der Waals surface area contributed by atoms with Crippen LogP contribution in [-0.4, -0.2) is 34.5 Å². The monoisotopic (exact) mass is 329 g/mol. The number of carboxylic acid groups (broad SMARTS) is 1. The number of benzene rings is 1. The number of carbonyl (C=O) groups is 2. The Hall–Kier alpha value is -1.43. The van der Waals surface area contributed by atoms with Crippen LogP contribution in [0.3, 0.4) is 0 Å². The highest BCUT2D eigenvalue weighted by molar-refractivity contribution is 9.10. The number of amides is 1. The van der Waals surface area contributed by atoms with Crippen molar-refractivity contribution in [2.45, 2.75) is 19.4 Å². The Bertz CT molecular complexity index is 535. The summed E-state index contributed by atoms with van der Waals surface area (Å²) in [6, 6.07) is 3.12. The lowest BCUT2D eigenvalue weighted by molar-refractivity contribution is -0.142. The zero-order valence-electron chi connectivity index (χ0n) is 10.3. The van der Waals surface area contributed by atoms with Crippen LogP contribution in [0.5, 0.6) is 0 Å². The maximum atomic E-state index is 13.1. The van der Waals surface area contributed by atoms with Crippen molar-refractivity contribution in [2.24, 2.45) is 5.92 Å². The molecule has 1 saturated heterocycles. The molecule has 0 bridgehead atoms. The second-order valence-corrected chi connectivity index (χ2v) is 5.53. The molecule has 1 aliphatic rings. The maximum absolute atomic E-state index is 13.1. The van der Waals surface area contributed by atoms with Crippen molar-refractivity contribution in [3.63, 3.8) is 0 Å². The first kappa shape index (κ1) is 14.0. The summed E-state index contributed by atoms with van der Waals surface area (Å²) >= 11 is 3.02. The summed E-state index contributed by atoms with van der Waals surface area (Å²) in [4.78, 5) is 24.8. The number of nitrogens with zero attached hydrogens (tertiary/aromatic N) is 1. The number of hydrogen-bond acceptors (Lipinski definition) is 2. The number of aliphatic carboxylic acids is 1. The van der Waals surface area contributed by atoms with Crippen LogP contribution in [-0.2, 0) is 4.79 Å². The van der Waals surface area contributed by atoms with Crippen LogP contribution in [0.4, 0.5) is 4.39 Å². The minimum Gasteiger partial charge on any atom is -0.480 e. The summed E-state index contributed by atoms with van der Waals surface area (Å²) in [5.74, 6) is -1.91. The highest BCUT2D eigenvalue weighted by atomic mass is 79.9. The molecule has 0 saturated carbocycles. The van der Waals surface area contributed by atoms with E-state index in [-0.39, 0.29) is 21.9 Å². The predicted octanol–water partition coefficient (Wildman–Crippen LogP) is 2.52. The third kappa shape index (κ3) is 2.63. The van der Waals surface area contributed by atoms with Gasteiger partial charge in [-0.2, -0.15) is 0 Å². The molecule has 0 aromatic heterocycles. The fourth-order valence-electron chi connectivity index (χ4n) is 2.35. The Kier molecular flexibility index (Phi) is 3.89. The number of carboxylic acids is 1. The molecule has 1 fully saturated rings. The summed E-state index contributed by atoms with van der Waals surface area (Å²) in [6.07, 6.45) is 0.658. The Morgan fingerprint density at radius 1 is 1.47 bits per heavy atom. The van der Waals surface area contributed by atoms with Gasteiger partial charge in [0, 0.05) is 12.1 Å². The summed E-state index contributed by atoms with van der Waals surface area (Å²) in [7, 11) is 0. The molecule has 4 nitrogen and oxygen atoms in total. The fourth-order valence-corrected chi connectivity index (χ4v) is 2.73. The predicted molar refractivity (Wildman–Crippen MR) is 70.3 cm³/mol. The zero-order valence-corrected chi connectivity index (χ0v) is 11.9. The number of halogens is 2. The highest BCUT2D eigenvalue weighted by Gasteiger charge is 2.39. The lowest BCUT2D eigenvalue weighted by Crippen LogP contribution is -2.42. The van der Waals surface area contributed by atoms with Gasteiger partial charge >= 0.3 is 5.97 Å². The van der Waals surface area contributed by atoms with E-state index in [9.17, 15) is 19.1 Å². The third-order valence-electron chi connectivity index (χ3n) is 3.38. The second kappa shape index (κ2) is 5.28. The van der Waals surface area contributed by atoms with Crippen LogP contribution in [0.15, 0.2) is 22.7 Å². The van der Waals surface area contributed by atoms with E-state index >= 15 is 0 Å². The van der Waals surface area contributed by atoms with Gasteiger partial charge in [0.2, 0.25) is 0 Å². The van der Waals surface area contributed by atoms with Crippen molar-refractivity contribution < 1.29 is 19.1 Å². The molecular formula is C13H13BrFNO3. The molecule has 0 aliphatic carbocycles. The van der Waals surface area contributed by atoms with Crippen LogP contribution in [0.25, 0.3) is 0 Å². The molecule has 1 aromatic rings. The van der Waals surface area contributed by atoms with E-state index in [0.29, 0.717) is 13.0 Å². The summed E-state index contributed by atoms with van der Waals surface area (Å²) < 4.78 is 13.3. The summed E-state index contributed by atoms with van der Waals surface area (Å²) in [5, 5.41) is 9.19. The van der Waals surface area contributed by atoms with Gasteiger partial charge in [-0.05, 0) is 46.5 Å². The van der Waals surface area contributed by atoms with Gasteiger partial charge < -0.3 is 10.0 Å². The van der Waals surface area contributed by atoms with Gasteiger partial charge in [-0.15, -0.1) is 0 Å². The molecule has 1 heterocycles. The van der Waals surface area contributed by atoms with Crippen molar-refractivity contribution in [3.05, 3.63) is 34.1 Å². The van der Waals surface area contributed by atoms with Crippen molar-refractivity contribution in [1.29, 1.82) is 0 Å². The van der Waals surface area contributed by atoms with Crippen LogP contribution in [0, 0.1) is 11.7 Å². The summed E-state index contributed by atoms with van der Waals surface area (Å²) in [6.45, 7) is 2.22. The minimum absolute atomic E-state index is 0.0784. The lowest BCUT2D eigenvalue weighted by Gasteiger charge is -2.23. The van der Waals surface area contributed by atoms with E-state index in [1.807, 2.05) is 6.92 Å². The summed E-state index contributed by atoms with van der Waals surface area (Å²) in [5.41, 5.74) is 0.286. The number of rotatable bonds is 2. The quantitative estimate of drug-likeness (QED) is 0.907. The Morgan fingerprint density at radius 3 is 2.74 bits per heavy atom. The first-order chi connectivity index (χ1) is 8.91. The normalized spacial score (nSPS) is 22.6. The van der Waals surface area contributed by atoms with Gasteiger partial charge in [-0.1, -0.05) is 6.92 Å². The van der Waals surface area contributed by atoms with Crippen molar-refractivity contribution in [1.82, 2.24) is 4.90 Å². The second-order valence-electron chi connectivity index (χ2n) is 4.68. The average molecular weight is 330 g/mol. The van der Waals surface area contributed by atoms with Crippen molar-refractivity contribution in [3.8, 4) is 0 Å². The molecule has 1 amide bonds. The van der Waals surface area contributed by atoms with Gasteiger partial charge in [-0.3, -0.25) is 4.79 Å². The van der Waals surface area contributed by atoms with Gasteiger partial charge in [0.05, 0.1) is 4.47 Å².